The molecule has 6 rings (SSSR count). The van der Waals surface area contributed by atoms with E-state index in [0.29, 0.717) is 6.42 Å². The second kappa shape index (κ2) is 11.8. The van der Waals surface area contributed by atoms with Crippen LogP contribution >= 0.6 is 0 Å². The molecular weight excluding hydrogens is 480 g/mol. The van der Waals surface area contributed by atoms with Crippen LogP contribution in [0.4, 0.5) is 0 Å². The number of ketones is 1. The molecule has 0 N–H and O–H groups in total. The quantitative estimate of drug-likeness (QED) is 0.194. The average molecular weight is 521 g/mol. The van der Waals surface area contributed by atoms with E-state index < -0.39 is 0 Å². The molecule has 3 aromatic carbocycles. The van der Waals surface area contributed by atoms with Gasteiger partial charge < -0.3 is 9.30 Å². The summed E-state index contributed by atoms with van der Waals surface area (Å²) in [6, 6.07) is 28.5. The van der Waals surface area contributed by atoms with Gasteiger partial charge in [0.15, 0.2) is 5.78 Å². The molecule has 2 fully saturated rings. The molecule has 4 heteroatoms. The van der Waals surface area contributed by atoms with Crippen LogP contribution in [0.5, 0.6) is 5.75 Å². The number of nitrogens with zero attached hydrogens (tertiary/aromatic N) is 2. The van der Waals surface area contributed by atoms with Crippen molar-refractivity contribution in [2.45, 2.75) is 70.0 Å². The molecule has 2 atom stereocenters. The summed E-state index contributed by atoms with van der Waals surface area (Å²) in [5.74, 6) is 1.86. The monoisotopic (exact) mass is 520 g/mol. The van der Waals surface area contributed by atoms with Crippen LogP contribution in [0.25, 0.3) is 10.9 Å². The van der Waals surface area contributed by atoms with Crippen LogP contribution in [0.2, 0.25) is 0 Å². The highest BCUT2D eigenvalue weighted by Crippen LogP contribution is 2.40. The van der Waals surface area contributed by atoms with Gasteiger partial charge in [0.2, 0.25) is 0 Å². The minimum atomic E-state index is 0.161. The van der Waals surface area contributed by atoms with Crippen molar-refractivity contribution >= 4 is 16.7 Å². The van der Waals surface area contributed by atoms with E-state index in [0.717, 1.165) is 65.3 Å². The lowest BCUT2D eigenvalue weighted by Crippen LogP contribution is -2.43. The SMILES string of the molecule is COc1cccc2c(C(=O)Cc3ccccc3)cn(CCCN3C4CCC3CC(CCc3ccccc3)C4)c12. The molecule has 0 spiro atoms. The maximum absolute atomic E-state index is 13.4. The zero-order valence-electron chi connectivity index (χ0n) is 23.1. The summed E-state index contributed by atoms with van der Waals surface area (Å²) in [6.45, 7) is 2.02. The summed E-state index contributed by atoms with van der Waals surface area (Å²) in [5, 5.41) is 0.995. The van der Waals surface area contributed by atoms with E-state index in [1.165, 1.54) is 44.1 Å². The Morgan fingerprint density at radius 3 is 2.23 bits per heavy atom. The number of Topliss-reactive ketones (excluding diaryl/α,β-unsaturated/α-hetero) is 1. The second-order valence-corrected chi connectivity index (χ2v) is 11.5. The van der Waals surface area contributed by atoms with Gasteiger partial charge in [-0.1, -0.05) is 72.8 Å². The molecule has 2 bridgehead atoms. The van der Waals surface area contributed by atoms with Gasteiger partial charge in [0.1, 0.15) is 5.75 Å². The molecule has 1 aromatic heterocycles. The number of aromatic nitrogens is 1. The number of carbonyl (C=O) groups excluding carboxylic acids is 1. The van der Waals surface area contributed by atoms with E-state index in [2.05, 4.69) is 52.1 Å². The Labute approximate surface area is 232 Å². The van der Waals surface area contributed by atoms with Crippen LogP contribution in [0.1, 0.15) is 60.0 Å². The highest BCUT2D eigenvalue weighted by molar-refractivity contribution is 6.10. The van der Waals surface area contributed by atoms with Crippen molar-refractivity contribution < 1.29 is 9.53 Å². The average Bonchev–Trinajstić information content (AvgIpc) is 3.46. The van der Waals surface area contributed by atoms with E-state index in [1.54, 1.807) is 7.11 Å². The summed E-state index contributed by atoms with van der Waals surface area (Å²) in [4.78, 5) is 16.2. The third kappa shape index (κ3) is 5.67. The zero-order chi connectivity index (χ0) is 26.6. The Morgan fingerprint density at radius 1 is 0.846 bits per heavy atom. The molecule has 2 unspecified atom stereocenters. The fourth-order valence-electron chi connectivity index (χ4n) is 7.19. The molecule has 2 aliphatic heterocycles. The summed E-state index contributed by atoms with van der Waals surface area (Å²) in [5.41, 5.74) is 4.36. The predicted molar refractivity (Wildman–Crippen MR) is 159 cm³/mol. The third-order valence-electron chi connectivity index (χ3n) is 9.07. The molecule has 39 heavy (non-hydrogen) atoms. The maximum Gasteiger partial charge on any atom is 0.169 e. The van der Waals surface area contributed by atoms with Crippen molar-refractivity contribution in [3.05, 3.63) is 102 Å². The van der Waals surface area contributed by atoms with Crippen molar-refractivity contribution in [1.29, 1.82) is 0 Å². The van der Waals surface area contributed by atoms with E-state index in [4.69, 9.17) is 4.74 Å². The Balaban J connectivity index is 1.11. The summed E-state index contributed by atoms with van der Waals surface area (Å²) in [7, 11) is 1.72. The number of benzene rings is 3. The number of para-hydroxylation sites is 1. The molecule has 4 nitrogen and oxygen atoms in total. The largest absolute Gasteiger partial charge is 0.495 e. The van der Waals surface area contributed by atoms with E-state index in [1.807, 2.05) is 42.5 Å². The molecule has 0 aliphatic carbocycles. The molecule has 0 saturated carbocycles. The van der Waals surface area contributed by atoms with Gasteiger partial charge in [0.25, 0.3) is 0 Å². The van der Waals surface area contributed by atoms with Gasteiger partial charge in [-0.25, -0.2) is 0 Å². The molecule has 3 heterocycles. The first-order valence-corrected chi connectivity index (χ1v) is 14.7. The van der Waals surface area contributed by atoms with Crippen LogP contribution in [0.15, 0.2) is 85.1 Å². The standard InChI is InChI=1S/C35H40N2O2/c1-39-34-15-8-14-31-32(33(38)24-27-12-6-3-7-13-27)25-36(35(31)34)20-9-21-37-29-18-19-30(37)23-28(22-29)17-16-26-10-4-2-5-11-26/h2-8,10-15,25,28-30H,9,16-24H2,1H3. The summed E-state index contributed by atoms with van der Waals surface area (Å²) in [6.07, 6.45) is 11.5. The first-order valence-electron chi connectivity index (χ1n) is 14.7. The zero-order valence-corrected chi connectivity index (χ0v) is 23.1. The minimum Gasteiger partial charge on any atom is -0.495 e. The predicted octanol–water partition coefficient (Wildman–Crippen LogP) is 7.34. The highest BCUT2D eigenvalue weighted by Gasteiger charge is 2.39. The van der Waals surface area contributed by atoms with Crippen LogP contribution in [-0.2, 0) is 19.4 Å². The number of rotatable bonds is 11. The van der Waals surface area contributed by atoms with E-state index in [-0.39, 0.29) is 5.78 Å². The number of ether oxygens (including phenoxy) is 1. The first-order chi connectivity index (χ1) is 19.2. The van der Waals surface area contributed by atoms with Crippen molar-refractivity contribution in [3.63, 3.8) is 0 Å². The molecular formula is C35H40N2O2. The Bertz CT molecular complexity index is 1380. The number of hydrogen-bond donors (Lipinski definition) is 0. The topological polar surface area (TPSA) is 34.5 Å². The van der Waals surface area contributed by atoms with E-state index in [9.17, 15) is 4.79 Å². The normalized spacial score (nSPS) is 20.9. The number of carbonyl (C=O) groups is 1. The van der Waals surface area contributed by atoms with Crippen LogP contribution in [-0.4, -0.2) is 41.0 Å². The molecule has 2 saturated heterocycles. The van der Waals surface area contributed by atoms with Crippen LogP contribution in [0.3, 0.4) is 0 Å². The fourth-order valence-corrected chi connectivity index (χ4v) is 7.19. The lowest BCUT2D eigenvalue weighted by atomic mass is 9.86. The van der Waals surface area contributed by atoms with Gasteiger partial charge in [-0.3, -0.25) is 9.69 Å². The second-order valence-electron chi connectivity index (χ2n) is 11.5. The van der Waals surface area contributed by atoms with Gasteiger partial charge in [0.05, 0.1) is 12.6 Å². The third-order valence-corrected chi connectivity index (χ3v) is 9.07. The highest BCUT2D eigenvalue weighted by atomic mass is 16.5. The lowest BCUT2D eigenvalue weighted by Gasteiger charge is -2.39. The van der Waals surface area contributed by atoms with Crippen molar-refractivity contribution in [3.8, 4) is 5.75 Å². The number of fused-ring (bicyclic) bond motifs is 3. The Kier molecular flexibility index (Phi) is 7.83. The maximum atomic E-state index is 13.4. The molecule has 0 amide bonds. The fraction of sp³-hybridized carbons (Fsp3) is 0.400. The van der Waals surface area contributed by atoms with Gasteiger partial charge in [-0.2, -0.15) is 0 Å². The minimum absolute atomic E-state index is 0.161. The van der Waals surface area contributed by atoms with E-state index >= 15 is 0 Å². The molecule has 0 radical (unpaired) electrons. The molecule has 2 aliphatic rings. The summed E-state index contributed by atoms with van der Waals surface area (Å²) >= 11 is 0. The van der Waals surface area contributed by atoms with Crippen LogP contribution in [0, 0.1) is 5.92 Å². The Hall–Kier alpha value is -3.37. The number of piperidine rings is 1. The first kappa shape index (κ1) is 25.9. The molecule has 4 aromatic rings. The van der Waals surface area contributed by atoms with Crippen LogP contribution < -0.4 is 4.74 Å². The van der Waals surface area contributed by atoms with Crippen molar-refractivity contribution in [2.24, 2.45) is 5.92 Å². The van der Waals surface area contributed by atoms with Crippen molar-refractivity contribution in [1.82, 2.24) is 9.47 Å². The number of hydrogen-bond acceptors (Lipinski definition) is 3. The van der Waals surface area contributed by atoms with Gasteiger partial charge in [-0.05, 0) is 68.1 Å². The smallest absolute Gasteiger partial charge is 0.169 e. The summed E-state index contributed by atoms with van der Waals surface area (Å²) < 4.78 is 8.01. The number of methoxy groups -OCH3 is 1. The van der Waals surface area contributed by atoms with Crippen molar-refractivity contribution in [2.75, 3.05) is 13.7 Å². The lowest BCUT2D eigenvalue weighted by molar-refractivity contribution is 0.0978. The van der Waals surface area contributed by atoms with Gasteiger partial charge >= 0.3 is 0 Å². The Morgan fingerprint density at radius 2 is 1.54 bits per heavy atom. The molecule has 202 valence electrons. The van der Waals surface area contributed by atoms with Gasteiger partial charge in [-0.15, -0.1) is 0 Å². The number of aryl methyl sites for hydroxylation is 2. The van der Waals surface area contributed by atoms with Gasteiger partial charge in [0, 0.05) is 48.7 Å².